The summed E-state index contributed by atoms with van der Waals surface area (Å²) in [6.45, 7) is 0. The lowest BCUT2D eigenvalue weighted by Gasteiger charge is -2.11. The summed E-state index contributed by atoms with van der Waals surface area (Å²) >= 11 is 0. The van der Waals surface area contributed by atoms with Crippen LogP contribution in [-0.2, 0) is 0 Å². The van der Waals surface area contributed by atoms with Gasteiger partial charge < -0.3 is 26.0 Å². The molecule has 5 N–H and O–H groups in total. The second-order valence-electron chi connectivity index (χ2n) is 6.80. The third-order valence-electron chi connectivity index (χ3n) is 4.63. The molecule has 0 unspecified atom stereocenters. The number of benzene rings is 2. The molecule has 32 heavy (non-hydrogen) atoms. The Morgan fingerprint density at radius 3 is 2.59 bits per heavy atom. The first-order chi connectivity index (χ1) is 15.6. The number of anilines is 4. The molecular formula is C22H16FN7O2. The highest BCUT2D eigenvalue weighted by atomic mass is 19.1. The number of hydrogen-bond acceptors (Lipinski definition) is 9. The van der Waals surface area contributed by atoms with Gasteiger partial charge in [0.1, 0.15) is 17.0 Å². The van der Waals surface area contributed by atoms with E-state index >= 15 is 0 Å². The van der Waals surface area contributed by atoms with Crippen LogP contribution in [0.4, 0.5) is 27.7 Å². The second-order valence-corrected chi connectivity index (χ2v) is 6.80. The van der Waals surface area contributed by atoms with Gasteiger partial charge in [-0.3, -0.25) is 4.98 Å². The quantitative estimate of drug-likeness (QED) is 0.368. The fourth-order valence-electron chi connectivity index (χ4n) is 3.20. The molecule has 5 rings (SSSR count). The molecule has 0 atom stereocenters. The van der Waals surface area contributed by atoms with E-state index in [4.69, 9.17) is 20.7 Å². The Hall–Kier alpha value is -4.73. The minimum absolute atomic E-state index is 0.0170. The molecule has 0 radical (unpaired) electrons. The van der Waals surface area contributed by atoms with Crippen molar-refractivity contribution in [2.75, 3.05) is 16.8 Å². The maximum absolute atomic E-state index is 14.8. The molecule has 3 aromatic heterocycles. The van der Waals surface area contributed by atoms with Crippen molar-refractivity contribution in [1.29, 1.82) is 0 Å². The predicted octanol–water partition coefficient (Wildman–Crippen LogP) is 4.52. The highest BCUT2D eigenvalue weighted by molar-refractivity contribution is 5.92. The van der Waals surface area contributed by atoms with Crippen LogP contribution in [0.15, 0.2) is 71.5 Å². The van der Waals surface area contributed by atoms with Gasteiger partial charge in [-0.15, -0.1) is 0 Å². The third-order valence-corrected chi connectivity index (χ3v) is 4.63. The first-order valence-electron chi connectivity index (χ1n) is 9.50. The molecule has 9 nitrogen and oxygen atoms in total. The van der Waals surface area contributed by atoms with Gasteiger partial charge in [-0.2, -0.15) is 4.98 Å². The van der Waals surface area contributed by atoms with E-state index in [1.807, 2.05) is 0 Å². The average molecular weight is 429 g/mol. The van der Waals surface area contributed by atoms with Gasteiger partial charge in [-0.1, -0.05) is 11.2 Å². The number of ether oxygens (including phenoxy) is 1. The van der Waals surface area contributed by atoms with Crippen LogP contribution in [-0.4, -0.2) is 20.1 Å². The molecule has 0 saturated carbocycles. The molecule has 0 aliphatic carbocycles. The van der Waals surface area contributed by atoms with Crippen molar-refractivity contribution in [3.8, 4) is 22.8 Å². The minimum atomic E-state index is -0.585. The molecule has 0 spiro atoms. The number of rotatable bonds is 5. The Balaban J connectivity index is 1.40. The van der Waals surface area contributed by atoms with Gasteiger partial charge in [0.25, 0.3) is 0 Å². The maximum atomic E-state index is 14.8. The third kappa shape index (κ3) is 3.72. The molecule has 10 heteroatoms. The van der Waals surface area contributed by atoms with E-state index in [1.54, 1.807) is 54.9 Å². The van der Waals surface area contributed by atoms with Crippen molar-refractivity contribution >= 4 is 34.2 Å². The fraction of sp³-hybridized carbons (Fsp3) is 0. The summed E-state index contributed by atoms with van der Waals surface area (Å²) in [5.74, 6) is 0.440. The van der Waals surface area contributed by atoms with E-state index in [0.717, 1.165) is 5.56 Å². The van der Waals surface area contributed by atoms with Crippen molar-refractivity contribution in [1.82, 2.24) is 20.1 Å². The Bertz CT molecular complexity index is 1420. The predicted molar refractivity (Wildman–Crippen MR) is 118 cm³/mol. The van der Waals surface area contributed by atoms with Crippen LogP contribution in [0.5, 0.6) is 11.5 Å². The van der Waals surface area contributed by atoms with Crippen LogP contribution in [0, 0.1) is 5.82 Å². The molecule has 0 amide bonds. The van der Waals surface area contributed by atoms with E-state index < -0.39 is 5.82 Å². The number of hydrogen-bond donors (Lipinski definition) is 3. The molecule has 0 bridgehead atoms. The fourth-order valence-corrected chi connectivity index (χ4v) is 3.20. The molecule has 0 fully saturated rings. The van der Waals surface area contributed by atoms with Crippen LogP contribution in [0.3, 0.4) is 0 Å². The molecule has 158 valence electrons. The molecule has 0 saturated heterocycles. The number of pyridine rings is 1. The zero-order chi connectivity index (χ0) is 22.1. The normalized spacial score (nSPS) is 10.9. The Kier molecular flexibility index (Phi) is 4.71. The van der Waals surface area contributed by atoms with Crippen molar-refractivity contribution in [3.05, 3.63) is 72.8 Å². The molecule has 3 heterocycles. The number of halogens is 1. The van der Waals surface area contributed by atoms with Gasteiger partial charge in [0.05, 0.1) is 5.69 Å². The van der Waals surface area contributed by atoms with Crippen LogP contribution < -0.4 is 21.5 Å². The zero-order valence-electron chi connectivity index (χ0n) is 16.5. The summed E-state index contributed by atoms with van der Waals surface area (Å²) in [5, 5.41) is 7.23. The van der Waals surface area contributed by atoms with Gasteiger partial charge >= 0.3 is 0 Å². The van der Waals surface area contributed by atoms with Gasteiger partial charge in [-0.05, 0) is 36.4 Å². The van der Waals surface area contributed by atoms with Crippen molar-refractivity contribution in [3.63, 3.8) is 0 Å². The first kappa shape index (κ1) is 19.2. The van der Waals surface area contributed by atoms with Gasteiger partial charge in [0.2, 0.25) is 5.95 Å². The zero-order valence-corrected chi connectivity index (χ0v) is 16.5. The number of aromatic nitrogens is 4. The van der Waals surface area contributed by atoms with Crippen LogP contribution in [0.2, 0.25) is 0 Å². The number of nitrogens with zero attached hydrogens (tertiary/aromatic N) is 4. The van der Waals surface area contributed by atoms with Crippen LogP contribution in [0.1, 0.15) is 0 Å². The number of nitrogens with two attached hydrogens (primary N) is 2. The largest absolute Gasteiger partial charge is 0.453 e. The maximum Gasteiger partial charge on any atom is 0.222 e. The van der Waals surface area contributed by atoms with Crippen molar-refractivity contribution in [2.24, 2.45) is 0 Å². The highest BCUT2D eigenvalue weighted by Gasteiger charge is 2.14. The summed E-state index contributed by atoms with van der Waals surface area (Å²) in [5.41, 5.74) is 14.0. The lowest BCUT2D eigenvalue weighted by atomic mass is 10.2. The van der Waals surface area contributed by atoms with Crippen molar-refractivity contribution < 1.29 is 13.7 Å². The van der Waals surface area contributed by atoms with E-state index in [1.165, 1.54) is 12.1 Å². The lowest BCUT2D eigenvalue weighted by molar-refractivity contribution is 0.445. The van der Waals surface area contributed by atoms with Gasteiger partial charge in [0.15, 0.2) is 23.0 Å². The van der Waals surface area contributed by atoms with Gasteiger partial charge in [-0.25, -0.2) is 9.37 Å². The smallest absolute Gasteiger partial charge is 0.222 e. The molecule has 0 aliphatic heterocycles. The Labute approximate surface area is 180 Å². The summed E-state index contributed by atoms with van der Waals surface area (Å²) in [7, 11) is 0. The van der Waals surface area contributed by atoms with E-state index in [2.05, 4.69) is 25.4 Å². The van der Waals surface area contributed by atoms with Crippen LogP contribution in [0.25, 0.3) is 22.2 Å². The molecule has 2 aromatic carbocycles. The number of nitrogen functional groups attached to an aromatic ring is 2. The highest BCUT2D eigenvalue weighted by Crippen LogP contribution is 2.35. The SMILES string of the molecule is Nc1nc(Nc2ccc(Oc3cccc4onc(N)c34)c(F)c2)cc(-c2ccncc2)n1. The van der Waals surface area contributed by atoms with Crippen molar-refractivity contribution in [2.45, 2.75) is 0 Å². The summed E-state index contributed by atoms with van der Waals surface area (Å²) in [6.07, 6.45) is 3.31. The van der Waals surface area contributed by atoms with E-state index in [9.17, 15) is 4.39 Å². The average Bonchev–Trinajstić information content (AvgIpc) is 3.18. The van der Waals surface area contributed by atoms with E-state index in [-0.39, 0.29) is 17.5 Å². The summed E-state index contributed by atoms with van der Waals surface area (Å²) in [4.78, 5) is 12.4. The molecule has 0 aliphatic rings. The van der Waals surface area contributed by atoms with Gasteiger partial charge in [0, 0.05) is 35.8 Å². The molecular weight excluding hydrogens is 413 g/mol. The van der Waals surface area contributed by atoms with E-state index in [0.29, 0.717) is 33.9 Å². The standard InChI is InChI=1S/C22H16FN7O2/c23-14-10-13(27-19-11-15(28-22(25)29-19)12-6-8-26-9-7-12)4-5-16(14)31-17-2-1-3-18-20(17)21(24)30-32-18/h1-11H,(H2,24,30)(H3,25,27,28,29). The Morgan fingerprint density at radius 2 is 1.78 bits per heavy atom. The summed E-state index contributed by atoms with van der Waals surface area (Å²) in [6, 6.07) is 14.8. The monoisotopic (exact) mass is 429 g/mol. The minimum Gasteiger partial charge on any atom is -0.453 e. The lowest BCUT2D eigenvalue weighted by Crippen LogP contribution is -2.02. The summed E-state index contributed by atoms with van der Waals surface area (Å²) < 4.78 is 25.6. The Morgan fingerprint density at radius 1 is 0.938 bits per heavy atom. The van der Waals surface area contributed by atoms with Crippen LogP contribution >= 0.6 is 0 Å². The number of nitrogens with one attached hydrogen (secondary N) is 1. The topological polar surface area (TPSA) is 138 Å². The second kappa shape index (κ2) is 7.84. The molecule has 5 aromatic rings. The number of fused-ring (bicyclic) bond motifs is 1. The first-order valence-corrected chi connectivity index (χ1v) is 9.50.